The fourth-order valence-electron chi connectivity index (χ4n) is 3.63. The Morgan fingerprint density at radius 1 is 1.26 bits per heavy atom. The number of ether oxygens (including phenoxy) is 1. The molecule has 4 rings (SSSR count). The first-order chi connectivity index (χ1) is 13.1. The van der Waals surface area contributed by atoms with E-state index in [9.17, 15) is 9.59 Å². The minimum atomic E-state index is -0.169. The monoisotopic (exact) mass is 385 g/mol. The molecule has 2 aromatic heterocycles. The highest BCUT2D eigenvalue weighted by Crippen LogP contribution is 2.18. The van der Waals surface area contributed by atoms with Crippen LogP contribution in [-0.4, -0.2) is 39.2 Å². The van der Waals surface area contributed by atoms with Gasteiger partial charge in [0.15, 0.2) is 0 Å². The van der Waals surface area contributed by atoms with Gasteiger partial charge in [-0.05, 0) is 36.4 Å². The number of fused-ring (bicyclic) bond motifs is 1. The van der Waals surface area contributed by atoms with Crippen LogP contribution in [0.4, 0.5) is 0 Å². The molecular formula is C20H23N3O3S. The second-order valence-electron chi connectivity index (χ2n) is 6.91. The van der Waals surface area contributed by atoms with Crippen molar-refractivity contribution in [1.29, 1.82) is 0 Å². The molecule has 6 nitrogen and oxygen atoms in total. The average molecular weight is 385 g/mol. The molecule has 3 aromatic rings. The van der Waals surface area contributed by atoms with Gasteiger partial charge in [-0.1, -0.05) is 18.2 Å². The molecule has 1 fully saturated rings. The minimum Gasteiger partial charge on any atom is -0.376 e. The Morgan fingerprint density at radius 2 is 2.07 bits per heavy atom. The molecule has 0 bridgehead atoms. The number of para-hydroxylation sites is 2. The fraction of sp³-hybridized carbons (Fsp3) is 0.400. The Bertz CT molecular complexity index is 984. The van der Waals surface area contributed by atoms with Gasteiger partial charge in [-0.25, -0.2) is 4.79 Å². The normalized spacial score (nSPS) is 16.9. The van der Waals surface area contributed by atoms with Crippen LogP contribution >= 0.6 is 11.3 Å². The molecule has 3 heterocycles. The molecule has 27 heavy (non-hydrogen) atoms. The van der Waals surface area contributed by atoms with Gasteiger partial charge in [0.05, 0.1) is 23.7 Å². The summed E-state index contributed by atoms with van der Waals surface area (Å²) in [5.74, 6) is -0.0580. The quantitative estimate of drug-likeness (QED) is 0.655. The summed E-state index contributed by atoms with van der Waals surface area (Å²) in [7, 11) is 1.74. The van der Waals surface area contributed by atoms with E-state index in [4.69, 9.17) is 4.74 Å². The Kier molecular flexibility index (Phi) is 5.13. The van der Waals surface area contributed by atoms with Gasteiger partial charge in [0.25, 0.3) is 0 Å². The molecule has 1 aliphatic rings. The van der Waals surface area contributed by atoms with Crippen molar-refractivity contribution in [2.24, 2.45) is 7.05 Å². The van der Waals surface area contributed by atoms with Gasteiger partial charge >= 0.3 is 5.69 Å². The standard InChI is InChI=1S/C20H23N3O3S/c1-21-17-8-2-3-9-18(17)23(20(21)25)14-19(24)22(12-15-6-4-10-26-15)13-16-7-5-11-27-16/h2-3,5,7-9,11,15H,4,6,10,12-14H2,1H3. The second-order valence-corrected chi connectivity index (χ2v) is 7.94. The summed E-state index contributed by atoms with van der Waals surface area (Å²) in [5.41, 5.74) is 1.45. The minimum absolute atomic E-state index is 0.0400. The van der Waals surface area contributed by atoms with E-state index in [-0.39, 0.29) is 24.2 Å². The number of aromatic nitrogens is 2. The summed E-state index contributed by atoms with van der Waals surface area (Å²) >= 11 is 1.64. The zero-order valence-electron chi connectivity index (χ0n) is 15.3. The molecule has 1 atom stereocenters. The number of hydrogen-bond donors (Lipinski definition) is 0. The predicted molar refractivity (Wildman–Crippen MR) is 106 cm³/mol. The zero-order chi connectivity index (χ0) is 18.8. The van der Waals surface area contributed by atoms with Crippen molar-refractivity contribution in [3.8, 4) is 0 Å². The lowest BCUT2D eigenvalue weighted by molar-refractivity contribution is -0.134. The lowest BCUT2D eigenvalue weighted by atomic mass is 10.2. The molecule has 7 heteroatoms. The number of rotatable bonds is 6. The Labute approximate surface area is 161 Å². The van der Waals surface area contributed by atoms with Gasteiger partial charge in [0.2, 0.25) is 5.91 Å². The molecule has 0 radical (unpaired) electrons. The smallest absolute Gasteiger partial charge is 0.329 e. The molecule has 142 valence electrons. The van der Waals surface area contributed by atoms with Crippen LogP contribution in [0.15, 0.2) is 46.6 Å². The molecule has 1 aliphatic heterocycles. The van der Waals surface area contributed by atoms with Gasteiger partial charge in [-0.2, -0.15) is 0 Å². The van der Waals surface area contributed by atoms with Gasteiger partial charge < -0.3 is 9.64 Å². The molecule has 1 saturated heterocycles. The van der Waals surface area contributed by atoms with Crippen LogP contribution in [0.1, 0.15) is 17.7 Å². The summed E-state index contributed by atoms with van der Waals surface area (Å²) in [6, 6.07) is 11.6. The molecular weight excluding hydrogens is 362 g/mol. The first-order valence-corrected chi connectivity index (χ1v) is 10.1. The van der Waals surface area contributed by atoms with E-state index in [0.717, 1.165) is 35.4 Å². The van der Waals surface area contributed by atoms with Gasteiger partial charge in [0.1, 0.15) is 6.54 Å². The fourth-order valence-corrected chi connectivity index (χ4v) is 4.35. The van der Waals surface area contributed by atoms with E-state index in [0.29, 0.717) is 13.1 Å². The lowest BCUT2D eigenvalue weighted by Gasteiger charge is -2.25. The first-order valence-electron chi connectivity index (χ1n) is 9.19. The summed E-state index contributed by atoms with van der Waals surface area (Å²) < 4.78 is 8.89. The summed E-state index contributed by atoms with van der Waals surface area (Å²) in [5, 5.41) is 2.01. The van der Waals surface area contributed by atoms with Crippen molar-refractivity contribution in [1.82, 2.24) is 14.0 Å². The third kappa shape index (κ3) is 3.70. The molecule has 1 unspecified atom stereocenters. The highest BCUT2D eigenvalue weighted by molar-refractivity contribution is 7.09. The van der Waals surface area contributed by atoms with Crippen molar-refractivity contribution in [2.75, 3.05) is 13.2 Å². The lowest BCUT2D eigenvalue weighted by Crippen LogP contribution is -2.40. The maximum absolute atomic E-state index is 13.1. The van der Waals surface area contributed by atoms with E-state index in [1.54, 1.807) is 27.5 Å². The number of carbonyl (C=O) groups is 1. The topological polar surface area (TPSA) is 56.5 Å². The molecule has 0 N–H and O–H groups in total. The largest absolute Gasteiger partial charge is 0.376 e. The van der Waals surface area contributed by atoms with Crippen molar-refractivity contribution in [3.63, 3.8) is 0 Å². The first kappa shape index (κ1) is 18.0. The number of benzene rings is 1. The molecule has 0 spiro atoms. The average Bonchev–Trinajstić information content (AvgIpc) is 3.41. The maximum Gasteiger partial charge on any atom is 0.329 e. The van der Waals surface area contributed by atoms with Crippen LogP contribution < -0.4 is 5.69 Å². The molecule has 1 aromatic carbocycles. The number of nitrogens with zero attached hydrogens (tertiary/aromatic N) is 3. The molecule has 0 aliphatic carbocycles. The summed E-state index contributed by atoms with van der Waals surface area (Å²) in [6.45, 7) is 1.92. The van der Waals surface area contributed by atoms with E-state index >= 15 is 0 Å². The summed E-state index contributed by atoms with van der Waals surface area (Å²) in [6.07, 6.45) is 2.09. The molecule has 1 amide bonds. The summed E-state index contributed by atoms with van der Waals surface area (Å²) in [4.78, 5) is 28.7. The van der Waals surface area contributed by atoms with E-state index < -0.39 is 0 Å². The maximum atomic E-state index is 13.1. The number of hydrogen-bond acceptors (Lipinski definition) is 4. The van der Waals surface area contributed by atoms with Crippen LogP contribution in [0.2, 0.25) is 0 Å². The van der Waals surface area contributed by atoms with E-state index in [1.165, 1.54) is 0 Å². The zero-order valence-corrected chi connectivity index (χ0v) is 16.2. The highest BCUT2D eigenvalue weighted by Gasteiger charge is 2.24. The van der Waals surface area contributed by atoms with Gasteiger partial charge in [0, 0.05) is 25.1 Å². The number of amides is 1. The van der Waals surface area contributed by atoms with Gasteiger partial charge in [-0.15, -0.1) is 11.3 Å². The van der Waals surface area contributed by atoms with Crippen LogP contribution in [-0.2, 0) is 29.7 Å². The van der Waals surface area contributed by atoms with E-state index in [2.05, 4.69) is 0 Å². The van der Waals surface area contributed by atoms with Gasteiger partial charge in [-0.3, -0.25) is 13.9 Å². The van der Waals surface area contributed by atoms with Crippen molar-refractivity contribution < 1.29 is 9.53 Å². The van der Waals surface area contributed by atoms with Crippen LogP contribution in [0, 0.1) is 0 Å². The molecule has 0 saturated carbocycles. The van der Waals surface area contributed by atoms with Crippen LogP contribution in [0.3, 0.4) is 0 Å². The Morgan fingerprint density at radius 3 is 2.78 bits per heavy atom. The van der Waals surface area contributed by atoms with Crippen LogP contribution in [0.25, 0.3) is 11.0 Å². The number of imidazole rings is 1. The van der Waals surface area contributed by atoms with E-state index in [1.807, 2.05) is 46.7 Å². The Hall–Kier alpha value is -2.38. The number of carbonyl (C=O) groups excluding carboxylic acids is 1. The number of thiophene rings is 1. The highest BCUT2D eigenvalue weighted by atomic mass is 32.1. The Balaban J connectivity index is 1.59. The third-order valence-corrected chi connectivity index (χ3v) is 5.93. The van der Waals surface area contributed by atoms with Crippen molar-refractivity contribution >= 4 is 28.3 Å². The second kappa shape index (κ2) is 7.70. The third-order valence-electron chi connectivity index (χ3n) is 5.07. The van der Waals surface area contributed by atoms with Crippen molar-refractivity contribution in [3.05, 3.63) is 57.1 Å². The predicted octanol–water partition coefficient (Wildman–Crippen LogP) is 2.61. The van der Waals surface area contributed by atoms with Crippen LogP contribution in [0.5, 0.6) is 0 Å². The SMILES string of the molecule is Cn1c(=O)n(CC(=O)N(Cc2cccs2)CC2CCCO2)c2ccccc21. The van der Waals surface area contributed by atoms with Crippen molar-refractivity contribution in [2.45, 2.75) is 32.0 Å². The number of aryl methyl sites for hydroxylation is 1.